The first kappa shape index (κ1) is 27.5. The van der Waals surface area contributed by atoms with Crippen molar-refractivity contribution >= 4 is 32.3 Å². The van der Waals surface area contributed by atoms with Gasteiger partial charge >= 0.3 is 0 Å². The molecule has 0 saturated carbocycles. The van der Waals surface area contributed by atoms with Crippen molar-refractivity contribution in [2.45, 2.75) is 0 Å². The van der Waals surface area contributed by atoms with Crippen LogP contribution >= 0.6 is 0 Å². The van der Waals surface area contributed by atoms with Crippen LogP contribution in [0, 0.1) is 12.1 Å². The molecule has 0 aliphatic heterocycles. The van der Waals surface area contributed by atoms with Crippen LogP contribution in [0.2, 0.25) is 0 Å². The molecule has 199 valence electrons. The fourth-order valence-corrected chi connectivity index (χ4v) is 6.28. The predicted molar refractivity (Wildman–Crippen MR) is 178 cm³/mol. The van der Waals surface area contributed by atoms with E-state index in [1.54, 1.807) is 0 Å². The predicted octanol–water partition coefficient (Wildman–Crippen LogP) is 11.4. The van der Waals surface area contributed by atoms with Gasteiger partial charge in [0.2, 0.25) is 0 Å². The van der Waals surface area contributed by atoms with Gasteiger partial charge in [0.25, 0.3) is 0 Å². The van der Waals surface area contributed by atoms with Crippen molar-refractivity contribution < 1.29 is 32.7 Å². The molecule has 0 saturated heterocycles. The fourth-order valence-electron chi connectivity index (χ4n) is 6.28. The summed E-state index contributed by atoms with van der Waals surface area (Å²) in [4.78, 5) is 0. The molecule has 8 aromatic rings. The third kappa shape index (κ3) is 5.02. The molecule has 0 heterocycles. The molecular formula is C42H26Y-2. The zero-order valence-electron chi connectivity index (χ0n) is 23.6. The summed E-state index contributed by atoms with van der Waals surface area (Å²) in [7, 11) is 0. The second-order valence-corrected chi connectivity index (χ2v) is 10.8. The molecular weight excluding hydrogens is 593 g/mol. The Hall–Kier alpha value is -4.36. The van der Waals surface area contributed by atoms with Gasteiger partial charge < -0.3 is 0 Å². The third-order valence-electron chi connectivity index (χ3n) is 8.27. The second kappa shape index (κ2) is 11.7. The van der Waals surface area contributed by atoms with Crippen molar-refractivity contribution in [3.05, 3.63) is 170 Å². The first-order chi connectivity index (χ1) is 20.8. The van der Waals surface area contributed by atoms with Crippen LogP contribution in [0.15, 0.2) is 158 Å². The van der Waals surface area contributed by atoms with Crippen molar-refractivity contribution in [1.29, 1.82) is 0 Å². The monoisotopic (exact) mass is 619 g/mol. The van der Waals surface area contributed by atoms with Crippen molar-refractivity contribution in [3.8, 4) is 44.5 Å². The molecule has 8 rings (SSSR count). The van der Waals surface area contributed by atoms with Crippen LogP contribution < -0.4 is 0 Å². The molecule has 0 aromatic heterocycles. The van der Waals surface area contributed by atoms with E-state index in [4.69, 9.17) is 0 Å². The van der Waals surface area contributed by atoms with Crippen LogP contribution in [0.1, 0.15) is 0 Å². The summed E-state index contributed by atoms with van der Waals surface area (Å²) in [5.74, 6) is 0. The molecule has 1 heteroatoms. The van der Waals surface area contributed by atoms with Crippen molar-refractivity contribution in [3.63, 3.8) is 0 Å². The van der Waals surface area contributed by atoms with E-state index in [0.29, 0.717) is 0 Å². The third-order valence-corrected chi connectivity index (χ3v) is 8.27. The van der Waals surface area contributed by atoms with Gasteiger partial charge in [0.15, 0.2) is 0 Å². The van der Waals surface area contributed by atoms with Gasteiger partial charge in [-0.15, -0.1) is 18.2 Å². The van der Waals surface area contributed by atoms with Crippen LogP contribution in [0.4, 0.5) is 0 Å². The maximum Gasteiger partial charge on any atom is 0 e. The molecule has 1 radical (unpaired) electrons. The summed E-state index contributed by atoms with van der Waals surface area (Å²) in [6, 6.07) is 63.4. The van der Waals surface area contributed by atoms with Crippen LogP contribution in [0.3, 0.4) is 0 Å². The summed E-state index contributed by atoms with van der Waals surface area (Å²) < 4.78 is 0. The molecule has 43 heavy (non-hydrogen) atoms. The van der Waals surface area contributed by atoms with Crippen LogP contribution in [-0.4, -0.2) is 0 Å². The minimum atomic E-state index is 0. The molecule has 0 nitrogen and oxygen atoms in total. The zero-order valence-corrected chi connectivity index (χ0v) is 26.4. The Morgan fingerprint density at radius 2 is 0.907 bits per heavy atom. The van der Waals surface area contributed by atoms with Gasteiger partial charge in [0.1, 0.15) is 0 Å². The molecule has 0 unspecified atom stereocenters. The van der Waals surface area contributed by atoms with Gasteiger partial charge in [-0.3, -0.25) is 0 Å². The standard InChI is InChI=1S/C42H26.Y/c1-2-11-29(12-3-1)31-21-24-32(25-22-31)41-37-17-6-8-19-39(37)42(40-20-9-7-18-38(40)41)36-16-10-15-34(28-36)35-26-23-30-13-4-5-14-33(30)27-35;/h1-11,13-21,23-28H;/q-2;. The molecule has 0 aliphatic rings. The van der Waals surface area contributed by atoms with Crippen LogP contribution in [-0.2, 0) is 32.7 Å². The van der Waals surface area contributed by atoms with Crippen LogP contribution in [0.5, 0.6) is 0 Å². The van der Waals surface area contributed by atoms with Crippen molar-refractivity contribution in [2.75, 3.05) is 0 Å². The Bertz CT molecular complexity index is 2170. The van der Waals surface area contributed by atoms with Crippen molar-refractivity contribution in [2.24, 2.45) is 0 Å². The van der Waals surface area contributed by atoms with E-state index in [9.17, 15) is 0 Å². The topological polar surface area (TPSA) is 0 Å². The molecule has 0 atom stereocenters. The summed E-state index contributed by atoms with van der Waals surface area (Å²) in [6.45, 7) is 0. The van der Waals surface area contributed by atoms with E-state index in [1.807, 2.05) is 18.2 Å². The van der Waals surface area contributed by atoms with Crippen molar-refractivity contribution in [1.82, 2.24) is 0 Å². The molecule has 0 amide bonds. The van der Waals surface area contributed by atoms with E-state index in [1.165, 1.54) is 65.7 Å². The zero-order chi connectivity index (χ0) is 27.9. The fraction of sp³-hybridized carbons (Fsp3) is 0. The molecule has 8 aromatic carbocycles. The Kier molecular flexibility index (Phi) is 7.50. The second-order valence-electron chi connectivity index (χ2n) is 10.8. The minimum absolute atomic E-state index is 0. The first-order valence-corrected chi connectivity index (χ1v) is 14.4. The average molecular weight is 620 g/mol. The average Bonchev–Trinajstić information content (AvgIpc) is 3.07. The van der Waals surface area contributed by atoms with Gasteiger partial charge in [-0.2, -0.15) is 36.4 Å². The van der Waals surface area contributed by atoms with E-state index in [2.05, 4.69) is 152 Å². The molecule has 0 spiro atoms. The molecule has 0 aliphatic carbocycles. The van der Waals surface area contributed by atoms with Gasteiger partial charge in [0.05, 0.1) is 0 Å². The Balaban J connectivity index is 0.00000300. The van der Waals surface area contributed by atoms with E-state index >= 15 is 0 Å². The molecule has 0 fully saturated rings. The normalized spacial score (nSPS) is 11.1. The van der Waals surface area contributed by atoms with Gasteiger partial charge in [-0.05, 0) is 72.3 Å². The first-order valence-electron chi connectivity index (χ1n) is 14.4. The minimum Gasteiger partial charge on any atom is -0.226 e. The van der Waals surface area contributed by atoms with E-state index in [0.717, 1.165) is 11.1 Å². The van der Waals surface area contributed by atoms with E-state index < -0.39 is 0 Å². The quantitative estimate of drug-likeness (QED) is 0.136. The van der Waals surface area contributed by atoms with E-state index in [-0.39, 0.29) is 32.7 Å². The number of fused-ring (bicyclic) bond motifs is 3. The Labute approximate surface area is 277 Å². The maximum atomic E-state index is 3.53. The van der Waals surface area contributed by atoms with Gasteiger partial charge in [0, 0.05) is 32.7 Å². The maximum absolute atomic E-state index is 3.53. The summed E-state index contributed by atoms with van der Waals surface area (Å²) in [5.41, 5.74) is 9.46. The SMILES string of the molecule is [Y].[c-]1ccccc1-c1[c-]cc(-c2c3ccccc3c(-c3cccc(-c4ccc5ccccc5c4)c3)c3ccccc23)cc1. The largest absolute Gasteiger partial charge is 0.226 e. The number of hydrogen-bond donors (Lipinski definition) is 0. The number of rotatable bonds is 4. The number of benzene rings is 8. The van der Waals surface area contributed by atoms with Gasteiger partial charge in [-0.1, -0.05) is 109 Å². The summed E-state index contributed by atoms with van der Waals surface area (Å²) in [6.07, 6.45) is 0. The molecule has 0 bridgehead atoms. The number of hydrogen-bond acceptors (Lipinski definition) is 0. The Morgan fingerprint density at radius 1 is 0.349 bits per heavy atom. The van der Waals surface area contributed by atoms with Gasteiger partial charge in [-0.25, -0.2) is 11.1 Å². The van der Waals surface area contributed by atoms with Crippen LogP contribution in [0.25, 0.3) is 76.8 Å². The summed E-state index contributed by atoms with van der Waals surface area (Å²) in [5, 5.41) is 7.51. The Morgan fingerprint density at radius 3 is 1.56 bits per heavy atom. The smallest absolute Gasteiger partial charge is 0 e. The summed E-state index contributed by atoms with van der Waals surface area (Å²) >= 11 is 0. The molecule has 0 N–H and O–H groups in total.